The molecule has 3 rings (SSSR count). The Morgan fingerprint density at radius 1 is 1.02 bits per heavy atom. The minimum absolute atomic E-state index is 0.0633. The lowest BCUT2D eigenvalue weighted by Crippen LogP contribution is -2.35. The van der Waals surface area contributed by atoms with Crippen LogP contribution in [0.1, 0.15) is 29.8 Å². The zero-order chi connectivity index (χ0) is 30.4. The maximum atomic E-state index is 12.9. The van der Waals surface area contributed by atoms with Crippen molar-refractivity contribution in [3.8, 4) is 0 Å². The highest BCUT2D eigenvalue weighted by atomic mass is 32.2. The van der Waals surface area contributed by atoms with Crippen LogP contribution in [0.3, 0.4) is 0 Å². The van der Waals surface area contributed by atoms with Crippen LogP contribution in [0.15, 0.2) is 49.6 Å². The zero-order valence-corrected chi connectivity index (χ0v) is 28.5. The summed E-state index contributed by atoms with van der Waals surface area (Å²) in [4.78, 5) is 46.7. The van der Waals surface area contributed by atoms with Gasteiger partial charge in [0.2, 0.25) is 0 Å². The summed E-state index contributed by atoms with van der Waals surface area (Å²) in [6.45, 7) is 10.4. The topological polar surface area (TPSA) is 97.4 Å². The van der Waals surface area contributed by atoms with Crippen LogP contribution >= 0.6 is 70.6 Å². The maximum Gasteiger partial charge on any atom is 0.338 e. The van der Waals surface area contributed by atoms with Crippen LogP contribution in [-0.4, -0.2) is 84.7 Å². The molecule has 0 amide bonds. The summed E-state index contributed by atoms with van der Waals surface area (Å²) >= 11 is 10.5. The Kier molecular flexibility index (Phi) is 16.0. The number of benzene rings is 1. The molecule has 42 heavy (non-hydrogen) atoms. The molecular weight excluding hydrogens is 657 g/mol. The first-order valence-electron chi connectivity index (χ1n) is 13.2. The number of esters is 3. The molecule has 8 nitrogen and oxygen atoms in total. The molecule has 2 saturated heterocycles. The smallest absolute Gasteiger partial charge is 0.338 e. The van der Waals surface area contributed by atoms with E-state index in [0.29, 0.717) is 20.3 Å². The van der Waals surface area contributed by atoms with Gasteiger partial charge in [0.25, 0.3) is 0 Å². The van der Waals surface area contributed by atoms with Crippen LogP contribution in [-0.2, 0) is 40.2 Å². The average Bonchev–Trinajstić information content (AvgIpc) is 3.72. The number of carbonyl (C=O) groups is 3. The molecule has 0 aliphatic carbocycles. The van der Waals surface area contributed by atoms with Gasteiger partial charge in [-0.15, -0.1) is 70.6 Å². The predicted molar refractivity (Wildman–Crippen MR) is 179 cm³/mol. The number of carbonyl (C=O) groups excluding carboxylic acids is 3. The molecule has 0 N–H and O–H groups in total. The minimum Gasteiger partial charge on any atom is -0.457 e. The number of hydrogen-bond donors (Lipinski definition) is 0. The molecule has 2 fully saturated rings. The Balaban J connectivity index is 1.51. The predicted octanol–water partition coefficient (Wildman–Crippen LogP) is 6.26. The SMILES string of the molecule is C=CC(=O)OC(SCC1SCCS1)C(C)OOCc1cccc(C(=O)OCC(C)(OC(=O)C=C)SCC2SCCS2)c1. The summed E-state index contributed by atoms with van der Waals surface area (Å²) in [5, 5.41) is 0. The lowest BCUT2D eigenvalue weighted by Gasteiger charge is -2.28. The molecule has 0 bridgehead atoms. The van der Waals surface area contributed by atoms with E-state index in [9.17, 15) is 14.4 Å². The molecule has 2 aliphatic rings. The fourth-order valence-corrected chi connectivity index (χ4v) is 12.1. The summed E-state index contributed by atoms with van der Waals surface area (Å²) in [7, 11) is 0. The van der Waals surface area contributed by atoms with Crippen molar-refractivity contribution < 1.29 is 38.4 Å². The van der Waals surface area contributed by atoms with Gasteiger partial charge in [0, 0.05) is 46.7 Å². The Labute approximate surface area is 273 Å². The highest BCUT2D eigenvalue weighted by Crippen LogP contribution is 2.39. The molecular formula is C28H36O8S6. The second kappa shape index (κ2) is 18.8. The van der Waals surface area contributed by atoms with Crippen LogP contribution in [0.4, 0.5) is 0 Å². The highest BCUT2D eigenvalue weighted by Gasteiger charge is 2.33. The third-order valence-corrected chi connectivity index (χ3v) is 15.2. The molecule has 2 heterocycles. The molecule has 14 heteroatoms. The first-order valence-corrected chi connectivity index (χ1v) is 19.4. The van der Waals surface area contributed by atoms with E-state index < -0.39 is 34.4 Å². The second-order valence-electron chi connectivity index (χ2n) is 9.10. The normalized spacial score (nSPS) is 18.5. The van der Waals surface area contributed by atoms with E-state index in [2.05, 4.69) is 13.2 Å². The fraction of sp³-hybridized carbons (Fsp3) is 0.536. The standard InChI is InChI=1S/C28H36O8S6/c1-5-22(29)34-27(41-16-24-37-10-11-38-24)19(3)36-33-15-20-8-7-9-21(14-20)26(31)32-18-28(4,35-23(30)6-2)42-17-25-39-12-13-40-25/h5-9,14,19,24-25,27H,1-2,10-13,15-18H2,3-4H3. The van der Waals surface area contributed by atoms with Gasteiger partial charge in [-0.3, -0.25) is 0 Å². The van der Waals surface area contributed by atoms with Crippen LogP contribution in [0, 0.1) is 0 Å². The lowest BCUT2D eigenvalue weighted by molar-refractivity contribution is -0.336. The highest BCUT2D eigenvalue weighted by molar-refractivity contribution is 8.21. The molecule has 3 unspecified atom stereocenters. The molecule has 0 radical (unpaired) electrons. The fourth-order valence-electron chi connectivity index (χ4n) is 3.53. The molecule has 0 aromatic heterocycles. The number of hydrogen-bond acceptors (Lipinski definition) is 14. The van der Waals surface area contributed by atoms with Crippen LogP contribution in [0.2, 0.25) is 0 Å². The molecule has 3 atom stereocenters. The summed E-state index contributed by atoms with van der Waals surface area (Å²) in [5.41, 5.74) is 0.452. The van der Waals surface area contributed by atoms with Crippen molar-refractivity contribution >= 4 is 88.5 Å². The first kappa shape index (κ1) is 35.6. The number of ether oxygens (including phenoxy) is 3. The Hall–Kier alpha value is -0.870. The molecule has 0 saturated carbocycles. The van der Waals surface area contributed by atoms with E-state index in [1.807, 2.05) is 47.0 Å². The Morgan fingerprint density at radius 2 is 1.67 bits per heavy atom. The summed E-state index contributed by atoms with van der Waals surface area (Å²) in [5.74, 6) is 4.35. The molecule has 1 aromatic carbocycles. The van der Waals surface area contributed by atoms with Gasteiger partial charge < -0.3 is 14.2 Å². The van der Waals surface area contributed by atoms with Gasteiger partial charge >= 0.3 is 17.9 Å². The van der Waals surface area contributed by atoms with Crippen molar-refractivity contribution in [2.24, 2.45) is 0 Å². The van der Waals surface area contributed by atoms with Crippen molar-refractivity contribution in [1.82, 2.24) is 0 Å². The van der Waals surface area contributed by atoms with Gasteiger partial charge in [-0.1, -0.05) is 25.3 Å². The van der Waals surface area contributed by atoms with Gasteiger partial charge in [-0.05, 0) is 31.5 Å². The van der Waals surface area contributed by atoms with Crippen LogP contribution < -0.4 is 0 Å². The van der Waals surface area contributed by atoms with Gasteiger partial charge in [0.15, 0.2) is 10.4 Å². The van der Waals surface area contributed by atoms with Gasteiger partial charge in [-0.2, -0.15) is 0 Å². The maximum absolute atomic E-state index is 12.9. The summed E-state index contributed by atoms with van der Waals surface area (Å²) in [6, 6.07) is 6.81. The third kappa shape index (κ3) is 12.6. The van der Waals surface area contributed by atoms with E-state index in [0.717, 1.165) is 46.7 Å². The van der Waals surface area contributed by atoms with Crippen molar-refractivity contribution in [2.75, 3.05) is 41.1 Å². The van der Waals surface area contributed by atoms with E-state index in [1.54, 1.807) is 38.1 Å². The third-order valence-electron chi connectivity index (χ3n) is 5.64. The van der Waals surface area contributed by atoms with Crippen molar-refractivity contribution in [1.29, 1.82) is 0 Å². The number of rotatable bonds is 18. The van der Waals surface area contributed by atoms with Crippen molar-refractivity contribution in [2.45, 2.75) is 46.1 Å². The Bertz CT molecular complexity index is 1060. The summed E-state index contributed by atoms with van der Waals surface area (Å²) in [6.07, 6.45) is 1.69. The minimum atomic E-state index is -1.05. The lowest BCUT2D eigenvalue weighted by atomic mass is 10.1. The van der Waals surface area contributed by atoms with Gasteiger partial charge in [0.05, 0.1) is 14.7 Å². The monoisotopic (exact) mass is 692 g/mol. The average molecular weight is 693 g/mol. The van der Waals surface area contributed by atoms with Crippen LogP contribution in [0.25, 0.3) is 0 Å². The number of thioether (sulfide) groups is 6. The van der Waals surface area contributed by atoms with E-state index in [1.165, 1.54) is 23.5 Å². The first-order chi connectivity index (χ1) is 20.2. The van der Waals surface area contributed by atoms with Crippen molar-refractivity contribution in [3.05, 3.63) is 60.7 Å². The summed E-state index contributed by atoms with van der Waals surface area (Å²) < 4.78 is 17.5. The largest absolute Gasteiger partial charge is 0.457 e. The quantitative estimate of drug-likeness (QED) is 0.0432. The van der Waals surface area contributed by atoms with Crippen molar-refractivity contribution in [3.63, 3.8) is 0 Å². The Morgan fingerprint density at radius 3 is 2.31 bits per heavy atom. The zero-order valence-electron chi connectivity index (χ0n) is 23.6. The van der Waals surface area contributed by atoms with E-state index in [4.69, 9.17) is 24.0 Å². The van der Waals surface area contributed by atoms with Gasteiger partial charge in [-0.25, -0.2) is 24.2 Å². The molecule has 232 valence electrons. The van der Waals surface area contributed by atoms with Crippen LogP contribution in [0.5, 0.6) is 0 Å². The molecule has 1 aromatic rings. The van der Waals surface area contributed by atoms with E-state index >= 15 is 0 Å². The van der Waals surface area contributed by atoms with Gasteiger partial charge in [0.1, 0.15) is 19.3 Å². The van der Waals surface area contributed by atoms with E-state index in [-0.39, 0.29) is 13.2 Å². The molecule has 0 spiro atoms. The second-order valence-corrected chi connectivity index (χ2v) is 17.6. The molecule has 2 aliphatic heterocycles.